The van der Waals surface area contributed by atoms with Gasteiger partial charge >= 0.3 is 0 Å². The number of rotatable bonds is 3. The Morgan fingerprint density at radius 3 is 2.70 bits per heavy atom. The molecule has 0 atom stereocenters. The van der Waals surface area contributed by atoms with E-state index in [2.05, 4.69) is 30.2 Å². The molecule has 0 radical (unpaired) electrons. The van der Waals surface area contributed by atoms with Crippen molar-refractivity contribution in [3.63, 3.8) is 0 Å². The molecule has 0 unspecified atom stereocenters. The molecule has 1 aliphatic heterocycles. The van der Waals surface area contributed by atoms with Crippen LogP contribution in [0.3, 0.4) is 0 Å². The van der Waals surface area contributed by atoms with Gasteiger partial charge in [-0.3, -0.25) is 0 Å². The average molecular weight is 270 g/mol. The highest BCUT2D eigenvalue weighted by atomic mass is 15.3. The van der Waals surface area contributed by atoms with Crippen LogP contribution in [-0.4, -0.2) is 39.1 Å². The number of aryl methyl sites for hydroxylation is 1. The third kappa shape index (κ3) is 3.01. The zero-order valence-corrected chi connectivity index (χ0v) is 11.5. The summed E-state index contributed by atoms with van der Waals surface area (Å²) in [4.78, 5) is 19.2. The van der Waals surface area contributed by atoms with Crippen LogP contribution in [0.1, 0.15) is 18.5 Å². The fourth-order valence-electron chi connectivity index (χ4n) is 2.40. The van der Waals surface area contributed by atoms with Crippen molar-refractivity contribution in [1.29, 1.82) is 0 Å². The topological polar surface area (TPSA) is 66.8 Å². The molecule has 20 heavy (non-hydrogen) atoms. The summed E-state index contributed by atoms with van der Waals surface area (Å²) in [5.41, 5.74) is 1.01. The molecule has 0 saturated carbocycles. The van der Waals surface area contributed by atoms with Crippen molar-refractivity contribution in [3.05, 3.63) is 36.5 Å². The fourth-order valence-corrected chi connectivity index (χ4v) is 2.40. The minimum Gasteiger partial charge on any atom is -0.367 e. The van der Waals surface area contributed by atoms with Crippen LogP contribution < -0.4 is 10.2 Å². The van der Waals surface area contributed by atoms with Gasteiger partial charge in [-0.05, 0) is 31.9 Å². The first-order chi connectivity index (χ1) is 9.81. The number of hydrogen-bond donors (Lipinski definition) is 1. The van der Waals surface area contributed by atoms with E-state index < -0.39 is 0 Å². The van der Waals surface area contributed by atoms with Gasteiger partial charge < -0.3 is 10.2 Å². The maximum Gasteiger partial charge on any atom is 0.225 e. The van der Waals surface area contributed by atoms with Gasteiger partial charge in [0.15, 0.2) is 0 Å². The molecule has 1 fully saturated rings. The SMILES string of the molecule is Cc1ccnc(N2CCC(Nc3ccncn3)CC2)n1. The Hall–Kier alpha value is -2.24. The van der Waals surface area contributed by atoms with E-state index in [-0.39, 0.29) is 0 Å². The van der Waals surface area contributed by atoms with Gasteiger partial charge in [0.05, 0.1) is 0 Å². The maximum atomic E-state index is 4.48. The van der Waals surface area contributed by atoms with Crippen molar-refractivity contribution in [1.82, 2.24) is 19.9 Å². The quantitative estimate of drug-likeness (QED) is 0.915. The predicted octanol–water partition coefficient (Wildman–Crippen LogP) is 1.66. The summed E-state index contributed by atoms with van der Waals surface area (Å²) in [7, 11) is 0. The molecular weight excluding hydrogens is 252 g/mol. The van der Waals surface area contributed by atoms with Crippen molar-refractivity contribution in [2.24, 2.45) is 0 Å². The van der Waals surface area contributed by atoms with Crippen molar-refractivity contribution in [2.75, 3.05) is 23.3 Å². The van der Waals surface area contributed by atoms with Crippen LogP contribution in [0.4, 0.5) is 11.8 Å². The average Bonchev–Trinajstić information content (AvgIpc) is 2.49. The molecule has 2 aromatic heterocycles. The van der Waals surface area contributed by atoms with Crippen molar-refractivity contribution in [3.8, 4) is 0 Å². The van der Waals surface area contributed by atoms with Crippen LogP contribution >= 0.6 is 0 Å². The fraction of sp³-hybridized carbons (Fsp3) is 0.429. The smallest absolute Gasteiger partial charge is 0.225 e. The summed E-state index contributed by atoms with van der Waals surface area (Å²) in [6.45, 7) is 3.92. The Morgan fingerprint density at radius 2 is 2.00 bits per heavy atom. The van der Waals surface area contributed by atoms with Crippen LogP contribution in [0.2, 0.25) is 0 Å². The molecule has 2 aromatic rings. The number of hydrogen-bond acceptors (Lipinski definition) is 6. The number of nitrogens with zero attached hydrogens (tertiary/aromatic N) is 5. The van der Waals surface area contributed by atoms with Crippen molar-refractivity contribution in [2.45, 2.75) is 25.8 Å². The first-order valence-corrected chi connectivity index (χ1v) is 6.88. The van der Waals surface area contributed by atoms with Crippen LogP contribution in [0.5, 0.6) is 0 Å². The van der Waals surface area contributed by atoms with Gasteiger partial charge in [-0.2, -0.15) is 0 Å². The Bertz CT molecular complexity index is 551. The minimum absolute atomic E-state index is 0.450. The van der Waals surface area contributed by atoms with Crippen LogP contribution in [0.25, 0.3) is 0 Å². The Kier molecular flexibility index (Phi) is 3.71. The molecule has 0 aliphatic carbocycles. The molecule has 1 N–H and O–H groups in total. The Balaban J connectivity index is 1.57. The first-order valence-electron chi connectivity index (χ1n) is 6.88. The lowest BCUT2D eigenvalue weighted by Gasteiger charge is -2.32. The van der Waals surface area contributed by atoms with E-state index in [4.69, 9.17) is 0 Å². The van der Waals surface area contributed by atoms with E-state index in [1.807, 2.05) is 25.3 Å². The predicted molar refractivity (Wildman–Crippen MR) is 77.7 cm³/mol. The molecule has 0 spiro atoms. The lowest BCUT2D eigenvalue weighted by atomic mass is 10.1. The van der Waals surface area contributed by atoms with Gasteiger partial charge in [-0.1, -0.05) is 0 Å². The number of aromatic nitrogens is 4. The zero-order valence-electron chi connectivity index (χ0n) is 11.5. The summed E-state index contributed by atoms with van der Waals surface area (Å²) in [6.07, 6.45) is 7.26. The summed E-state index contributed by atoms with van der Waals surface area (Å²) < 4.78 is 0. The Labute approximate surface area is 118 Å². The molecule has 3 heterocycles. The Morgan fingerprint density at radius 1 is 1.15 bits per heavy atom. The van der Waals surface area contributed by atoms with Gasteiger partial charge in [0, 0.05) is 37.2 Å². The number of anilines is 2. The molecule has 6 heteroatoms. The molecule has 0 aromatic carbocycles. The van der Waals surface area contributed by atoms with E-state index in [1.54, 1.807) is 12.5 Å². The van der Waals surface area contributed by atoms with E-state index in [0.29, 0.717) is 6.04 Å². The summed E-state index contributed by atoms with van der Waals surface area (Å²) >= 11 is 0. The third-order valence-corrected chi connectivity index (χ3v) is 3.49. The first kappa shape index (κ1) is 12.8. The van der Waals surface area contributed by atoms with Crippen molar-refractivity contribution >= 4 is 11.8 Å². The number of piperidine rings is 1. The van der Waals surface area contributed by atoms with Gasteiger partial charge in [0.2, 0.25) is 5.95 Å². The minimum atomic E-state index is 0.450. The summed E-state index contributed by atoms with van der Waals surface area (Å²) in [5.74, 6) is 1.73. The van der Waals surface area contributed by atoms with Crippen LogP contribution in [0.15, 0.2) is 30.9 Å². The molecule has 1 aliphatic rings. The highest BCUT2D eigenvalue weighted by Gasteiger charge is 2.20. The molecule has 104 valence electrons. The molecule has 1 saturated heterocycles. The van der Waals surface area contributed by atoms with E-state index in [0.717, 1.165) is 43.4 Å². The third-order valence-electron chi connectivity index (χ3n) is 3.49. The van der Waals surface area contributed by atoms with E-state index in [9.17, 15) is 0 Å². The van der Waals surface area contributed by atoms with E-state index in [1.165, 1.54) is 0 Å². The van der Waals surface area contributed by atoms with Crippen molar-refractivity contribution < 1.29 is 0 Å². The molecular formula is C14H18N6. The largest absolute Gasteiger partial charge is 0.367 e. The van der Waals surface area contributed by atoms with Gasteiger partial charge in [-0.15, -0.1) is 0 Å². The van der Waals surface area contributed by atoms with E-state index >= 15 is 0 Å². The normalized spacial score (nSPS) is 16.1. The second kappa shape index (κ2) is 5.81. The summed E-state index contributed by atoms with van der Waals surface area (Å²) in [6, 6.07) is 4.27. The maximum absolute atomic E-state index is 4.48. The molecule has 0 amide bonds. The zero-order chi connectivity index (χ0) is 13.8. The molecule has 3 rings (SSSR count). The van der Waals surface area contributed by atoms with Crippen LogP contribution in [-0.2, 0) is 0 Å². The highest BCUT2D eigenvalue weighted by molar-refractivity contribution is 5.35. The molecule has 0 bridgehead atoms. The van der Waals surface area contributed by atoms with Gasteiger partial charge in [0.25, 0.3) is 0 Å². The highest BCUT2D eigenvalue weighted by Crippen LogP contribution is 2.18. The molecule has 6 nitrogen and oxygen atoms in total. The lowest BCUT2D eigenvalue weighted by molar-refractivity contribution is 0.518. The van der Waals surface area contributed by atoms with Crippen LogP contribution in [0, 0.1) is 6.92 Å². The monoisotopic (exact) mass is 270 g/mol. The van der Waals surface area contributed by atoms with Gasteiger partial charge in [0.1, 0.15) is 12.1 Å². The second-order valence-electron chi connectivity index (χ2n) is 5.00. The number of nitrogens with one attached hydrogen (secondary N) is 1. The summed E-state index contributed by atoms with van der Waals surface area (Å²) in [5, 5.41) is 3.45. The standard InChI is InChI=1S/C14H18N6/c1-11-2-7-16-14(18-11)20-8-4-12(5-9-20)19-13-3-6-15-10-17-13/h2-3,6-7,10,12H,4-5,8-9H2,1H3,(H,15,17,19). The van der Waals surface area contributed by atoms with Gasteiger partial charge in [-0.25, -0.2) is 19.9 Å². The lowest BCUT2D eigenvalue weighted by Crippen LogP contribution is -2.40. The second-order valence-corrected chi connectivity index (χ2v) is 5.00.